The van der Waals surface area contributed by atoms with Crippen molar-refractivity contribution in [1.29, 1.82) is 0 Å². The third-order valence-corrected chi connectivity index (χ3v) is 4.87. The quantitative estimate of drug-likeness (QED) is 0.772. The fraction of sp³-hybridized carbons (Fsp3) is 0.333. The van der Waals surface area contributed by atoms with E-state index < -0.39 is 0 Å². The van der Waals surface area contributed by atoms with Crippen LogP contribution < -0.4 is 10.2 Å². The van der Waals surface area contributed by atoms with Crippen LogP contribution >= 0.6 is 0 Å². The van der Waals surface area contributed by atoms with Gasteiger partial charge in [0.1, 0.15) is 11.5 Å². The van der Waals surface area contributed by atoms with Crippen molar-refractivity contribution in [2.45, 2.75) is 32.2 Å². The molecule has 3 heterocycles. The first-order chi connectivity index (χ1) is 13.3. The molecule has 1 N–H and O–H groups in total. The van der Waals surface area contributed by atoms with E-state index in [0.717, 1.165) is 30.0 Å². The first-order valence-electron chi connectivity index (χ1n) is 9.49. The van der Waals surface area contributed by atoms with Gasteiger partial charge in [-0.25, -0.2) is 9.97 Å². The average molecular weight is 361 g/mol. The highest BCUT2D eigenvalue weighted by atomic mass is 16.1. The molecule has 27 heavy (non-hydrogen) atoms. The van der Waals surface area contributed by atoms with Crippen molar-refractivity contribution in [2.75, 3.05) is 18.0 Å². The predicted molar refractivity (Wildman–Crippen MR) is 106 cm³/mol. The zero-order valence-electron chi connectivity index (χ0n) is 15.3. The molecule has 0 saturated carbocycles. The van der Waals surface area contributed by atoms with Crippen molar-refractivity contribution in [3.63, 3.8) is 0 Å². The van der Waals surface area contributed by atoms with Crippen LogP contribution in [0.2, 0.25) is 0 Å². The Labute approximate surface area is 158 Å². The Bertz CT molecular complexity index is 917. The maximum absolute atomic E-state index is 12.4. The minimum Gasteiger partial charge on any atom is -0.357 e. The number of carbonyl (C=O) groups is 1. The SMILES string of the molecule is O=C(NCc1ccc(N2CCCCCC2)nc1)c1cnc2ccccc2n1. The Hall–Kier alpha value is -3.02. The maximum atomic E-state index is 12.4. The number of rotatable bonds is 4. The number of amides is 1. The largest absolute Gasteiger partial charge is 0.357 e. The van der Waals surface area contributed by atoms with Crippen LogP contribution in [0.4, 0.5) is 5.82 Å². The van der Waals surface area contributed by atoms with Crippen molar-refractivity contribution in [3.8, 4) is 0 Å². The lowest BCUT2D eigenvalue weighted by molar-refractivity contribution is 0.0946. The Kier molecular flexibility index (Phi) is 5.23. The van der Waals surface area contributed by atoms with Crippen molar-refractivity contribution in [3.05, 3.63) is 60.0 Å². The molecule has 3 aromatic rings. The second kappa shape index (κ2) is 8.12. The molecule has 6 heteroatoms. The predicted octanol–water partition coefficient (Wildman–Crippen LogP) is 3.34. The van der Waals surface area contributed by atoms with Crippen LogP contribution in [0.3, 0.4) is 0 Å². The second-order valence-electron chi connectivity index (χ2n) is 6.85. The number of anilines is 1. The van der Waals surface area contributed by atoms with Crippen molar-refractivity contribution >= 4 is 22.8 Å². The van der Waals surface area contributed by atoms with Gasteiger partial charge in [0.05, 0.1) is 17.2 Å². The highest BCUT2D eigenvalue weighted by molar-refractivity contribution is 5.93. The van der Waals surface area contributed by atoms with Gasteiger partial charge in [0, 0.05) is 25.8 Å². The van der Waals surface area contributed by atoms with E-state index in [2.05, 4.69) is 25.2 Å². The summed E-state index contributed by atoms with van der Waals surface area (Å²) >= 11 is 0. The van der Waals surface area contributed by atoms with Gasteiger partial charge < -0.3 is 10.2 Å². The number of fused-ring (bicyclic) bond motifs is 1. The molecule has 6 nitrogen and oxygen atoms in total. The van der Waals surface area contributed by atoms with Crippen LogP contribution in [-0.2, 0) is 6.54 Å². The minimum atomic E-state index is -0.232. The standard InChI is InChI=1S/C21H23N5O/c27-21(19-15-22-17-7-3-4-8-18(17)25-19)24-14-16-9-10-20(23-13-16)26-11-5-1-2-6-12-26/h3-4,7-10,13,15H,1-2,5-6,11-12,14H2,(H,24,27). The van der Waals surface area contributed by atoms with Gasteiger partial charge in [-0.1, -0.05) is 31.0 Å². The molecule has 1 aromatic carbocycles. The fourth-order valence-electron chi connectivity index (χ4n) is 3.35. The van der Waals surface area contributed by atoms with E-state index in [9.17, 15) is 4.79 Å². The van der Waals surface area contributed by atoms with E-state index in [1.165, 1.54) is 31.9 Å². The van der Waals surface area contributed by atoms with E-state index in [0.29, 0.717) is 17.8 Å². The Morgan fingerprint density at radius 2 is 1.70 bits per heavy atom. The fourth-order valence-corrected chi connectivity index (χ4v) is 3.35. The van der Waals surface area contributed by atoms with Gasteiger partial charge in [0.15, 0.2) is 0 Å². The van der Waals surface area contributed by atoms with Gasteiger partial charge in [-0.2, -0.15) is 0 Å². The Balaban J connectivity index is 1.38. The van der Waals surface area contributed by atoms with E-state index in [-0.39, 0.29) is 5.91 Å². The van der Waals surface area contributed by atoms with Gasteiger partial charge in [0.25, 0.3) is 5.91 Å². The van der Waals surface area contributed by atoms with Gasteiger partial charge in [0.2, 0.25) is 0 Å². The van der Waals surface area contributed by atoms with Crippen LogP contribution in [0.5, 0.6) is 0 Å². The second-order valence-corrected chi connectivity index (χ2v) is 6.85. The van der Waals surface area contributed by atoms with Gasteiger partial charge >= 0.3 is 0 Å². The molecule has 1 aliphatic heterocycles. The first kappa shape index (κ1) is 17.4. The van der Waals surface area contributed by atoms with Gasteiger partial charge in [-0.3, -0.25) is 9.78 Å². The molecule has 0 aliphatic carbocycles. The molecular weight excluding hydrogens is 338 g/mol. The number of pyridine rings is 1. The summed E-state index contributed by atoms with van der Waals surface area (Å²) in [6.45, 7) is 2.56. The van der Waals surface area contributed by atoms with Crippen molar-refractivity contribution < 1.29 is 4.79 Å². The molecular formula is C21H23N5O. The molecule has 0 spiro atoms. The third-order valence-electron chi connectivity index (χ3n) is 4.87. The van der Waals surface area contributed by atoms with E-state index in [4.69, 9.17) is 0 Å². The molecule has 1 fully saturated rings. The minimum absolute atomic E-state index is 0.232. The summed E-state index contributed by atoms with van der Waals surface area (Å²) in [5.74, 6) is 0.789. The molecule has 0 unspecified atom stereocenters. The number of benzene rings is 1. The summed E-state index contributed by atoms with van der Waals surface area (Å²) in [7, 11) is 0. The third kappa shape index (κ3) is 4.22. The van der Waals surface area contributed by atoms with Crippen molar-refractivity contribution in [2.24, 2.45) is 0 Å². The molecule has 2 aromatic heterocycles. The summed E-state index contributed by atoms with van der Waals surface area (Å²) in [6, 6.07) is 11.6. The van der Waals surface area contributed by atoms with Gasteiger partial charge in [-0.15, -0.1) is 0 Å². The zero-order chi connectivity index (χ0) is 18.5. The lowest BCUT2D eigenvalue weighted by Crippen LogP contribution is -2.25. The number of carbonyl (C=O) groups excluding carboxylic acids is 1. The average Bonchev–Trinajstić information content (AvgIpc) is 3.01. The summed E-state index contributed by atoms with van der Waals surface area (Å²) in [6.07, 6.45) is 8.42. The van der Waals surface area contributed by atoms with Crippen molar-refractivity contribution in [1.82, 2.24) is 20.3 Å². The first-order valence-corrected chi connectivity index (χ1v) is 9.49. The van der Waals surface area contributed by atoms with E-state index >= 15 is 0 Å². The van der Waals surface area contributed by atoms with Crippen LogP contribution in [0.15, 0.2) is 48.8 Å². The summed E-state index contributed by atoms with van der Waals surface area (Å²) in [4.78, 5) is 28.0. The number of aromatic nitrogens is 3. The highest BCUT2D eigenvalue weighted by Gasteiger charge is 2.12. The normalized spacial score (nSPS) is 14.7. The maximum Gasteiger partial charge on any atom is 0.271 e. The topological polar surface area (TPSA) is 71.0 Å². The monoisotopic (exact) mass is 361 g/mol. The Morgan fingerprint density at radius 3 is 2.44 bits per heavy atom. The molecule has 0 bridgehead atoms. The number of para-hydroxylation sites is 2. The van der Waals surface area contributed by atoms with E-state index in [1.54, 1.807) is 0 Å². The smallest absolute Gasteiger partial charge is 0.271 e. The molecule has 4 rings (SSSR count). The molecule has 0 atom stereocenters. The van der Waals surface area contributed by atoms with Crippen LogP contribution in [0.25, 0.3) is 11.0 Å². The van der Waals surface area contributed by atoms with Crippen LogP contribution in [-0.4, -0.2) is 33.9 Å². The molecule has 1 aliphatic rings. The van der Waals surface area contributed by atoms with Crippen LogP contribution in [0.1, 0.15) is 41.7 Å². The number of hydrogen-bond acceptors (Lipinski definition) is 5. The summed E-state index contributed by atoms with van der Waals surface area (Å²) in [5.41, 5.74) is 2.79. The lowest BCUT2D eigenvalue weighted by atomic mass is 10.2. The molecule has 138 valence electrons. The number of nitrogens with one attached hydrogen (secondary N) is 1. The summed E-state index contributed by atoms with van der Waals surface area (Å²) in [5, 5.41) is 2.89. The highest BCUT2D eigenvalue weighted by Crippen LogP contribution is 2.17. The molecule has 0 radical (unpaired) electrons. The number of nitrogens with zero attached hydrogens (tertiary/aromatic N) is 4. The van der Waals surface area contributed by atoms with E-state index in [1.807, 2.05) is 42.6 Å². The zero-order valence-corrected chi connectivity index (χ0v) is 15.3. The number of hydrogen-bond donors (Lipinski definition) is 1. The van der Waals surface area contributed by atoms with Gasteiger partial charge in [-0.05, 0) is 36.6 Å². The van der Waals surface area contributed by atoms with Crippen LogP contribution in [0, 0.1) is 0 Å². The molecule has 1 saturated heterocycles. The Morgan fingerprint density at radius 1 is 0.926 bits per heavy atom. The lowest BCUT2D eigenvalue weighted by Gasteiger charge is -2.21. The summed E-state index contributed by atoms with van der Waals surface area (Å²) < 4.78 is 0. The molecule has 1 amide bonds.